The van der Waals surface area contributed by atoms with Gasteiger partial charge in [-0.1, -0.05) is 30.3 Å². The Balaban J connectivity index is 2.39. The van der Waals surface area contributed by atoms with Crippen molar-refractivity contribution in [2.75, 3.05) is 13.1 Å². The maximum absolute atomic E-state index is 11.5. The Bertz CT molecular complexity index is 379. The molecule has 5 nitrogen and oxygen atoms in total. The molecule has 1 aromatic carbocycles. The summed E-state index contributed by atoms with van der Waals surface area (Å²) in [4.78, 5) is 22.3. The lowest BCUT2D eigenvalue weighted by molar-refractivity contribution is -0.125. The zero-order valence-electron chi connectivity index (χ0n) is 9.77. The summed E-state index contributed by atoms with van der Waals surface area (Å²) in [7, 11) is 0. The van der Waals surface area contributed by atoms with Crippen LogP contribution < -0.4 is 16.4 Å². The van der Waals surface area contributed by atoms with Crippen molar-refractivity contribution in [1.29, 1.82) is 0 Å². The normalized spacial score (nSPS) is 11.6. The summed E-state index contributed by atoms with van der Waals surface area (Å²) in [5, 5.41) is 5.19. The number of hydrogen-bond acceptors (Lipinski definition) is 3. The standard InChI is InChI=1S/C12H17N3O2/c1-9(10-5-3-2-4-6-10)15-12(17)8-14-11(16)7-13/h2-6,9H,7-8,13H2,1H3,(H,14,16)(H,15,17). The molecule has 17 heavy (non-hydrogen) atoms. The summed E-state index contributed by atoms with van der Waals surface area (Å²) in [5.41, 5.74) is 6.13. The summed E-state index contributed by atoms with van der Waals surface area (Å²) in [6.07, 6.45) is 0. The van der Waals surface area contributed by atoms with Crippen molar-refractivity contribution < 1.29 is 9.59 Å². The number of benzene rings is 1. The summed E-state index contributed by atoms with van der Waals surface area (Å²) in [6.45, 7) is 1.73. The molecule has 1 atom stereocenters. The van der Waals surface area contributed by atoms with Crippen LogP contribution in [0.15, 0.2) is 30.3 Å². The van der Waals surface area contributed by atoms with Gasteiger partial charge in [-0.05, 0) is 12.5 Å². The number of hydrogen-bond donors (Lipinski definition) is 3. The molecule has 0 saturated carbocycles. The molecule has 0 heterocycles. The minimum Gasteiger partial charge on any atom is -0.348 e. The fraction of sp³-hybridized carbons (Fsp3) is 0.333. The Morgan fingerprint density at radius 2 is 1.88 bits per heavy atom. The van der Waals surface area contributed by atoms with Crippen molar-refractivity contribution in [1.82, 2.24) is 10.6 Å². The molecule has 0 radical (unpaired) electrons. The van der Waals surface area contributed by atoms with Crippen LogP contribution in [0.3, 0.4) is 0 Å². The lowest BCUT2D eigenvalue weighted by atomic mass is 10.1. The van der Waals surface area contributed by atoms with E-state index in [1.807, 2.05) is 37.3 Å². The number of rotatable bonds is 5. The third kappa shape index (κ3) is 4.65. The van der Waals surface area contributed by atoms with Crippen molar-refractivity contribution in [3.8, 4) is 0 Å². The second kappa shape index (κ2) is 6.65. The average Bonchev–Trinajstić information content (AvgIpc) is 2.36. The van der Waals surface area contributed by atoms with Gasteiger partial charge in [-0.25, -0.2) is 0 Å². The first kappa shape index (κ1) is 13.2. The zero-order chi connectivity index (χ0) is 12.7. The monoisotopic (exact) mass is 235 g/mol. The molecule has 0 aliphatic carbocycles. The second-order valence-corrected chi connectivity index (χ2v) is 3.68. The topological polar surface area (TPSA) is 84.2 Å². The van der Waals surface area contributed by atoms with Gasteiger partial charge in [0.2, 0.25) is 11.8 Å². The minimum atomic E-state index is -0.340. The Kier molecular flexibility index (Phi) is 5.16. The molecule has 1 unspecified atom stereocenters. The van der Waals surface area contributed by atoms with Crippen molar-refractivity contribution in [3.05, 3.63) is 35.9 Å². The molecule has 0 fully saturated rings. The molecule has 0 spiro atoms. The summed E-state index contributed by atoms with van der Waals surface area (Å²) < 4.78 is 0. The highest BCUT2D eigenvalue weighted by molar-refractivity contribution is 5.85. The van der Waals surface area contributed by atoms with E-state index in [4.69, 9.17) is 5.73 Å². The Morgan fingerprint density at radius 3 is 2.47 bits per heavy atom. The van der Waals surface area contributed by atoms with Crippen molar-refractivity contribution in [3.63, 3.8) is 0 Å². The number of nitrogens with one attached hydrogen (secondary N) is 2. The number of amides is 2. The van der Waals surface area contributed by atoms with Crippen LogP contribution in [0.5, 0.6) is 0 Å². The predicted octanol–water partition coefficient (Wildman–Crippen LogP) is -0.0613. The van der Waals surface area contributed by atoms with Gasteiger partial charge in [-0.15, -0.1) is 0 Å². The highest BCUT2D eigenvalue weighted by Gasteiger charge is 2.09. The van der Waals surface area contributed by atoms with Gasteiger partial charge < -0.3 is 16.4 Å². The van der Waals surface area contributed by atoms with E-state index in [0.29, 0.717) is 0 Å². The van der Waals surface area contributed by atoms with Gasteiger partial charge in [0.15, 0.2) is 0 Å². The largest absolute Gasteiger partial charge is 0.348 e. The Morgan fingerprint density at radius 1 is 1.24 bits per heavy atom. The van der Waals surface area contributed by atoms with Gasteiger partial charge in [0.05, 0.1) is 19.1 Å². The maximum atomic E-state index is 11.5. The van der Waals surface area contributed by atoms with Crippen molar-refractivity contribution in [2.24, 2.45) is 5.73 Å². The predicted molar refractivity (Wildman–Crippen MR) is 65.1 cm³/mol. The second-order valence-electron chi connectivity index (χ2n) is 3.68. The molecular formula is C12H17N3O2. The van der Waals surface area contributed by atoms with Gasteiger partial charge in [-0.2, -0.15) is 0 Å². The lowest BCUT2D eigenvalue weighted by Gasteiger charge is -2.14. The van der Waals surface area contributed by atoms with Crippen LogP contribution in [-0.2, 0) is 9.59 Å². The van der Waals surface area contributed by atoms with Gasteiger partial charge in [0.1, 0.15) is 0 Å². The maximum Gasteiger partial charge on any atom is 0.239 e. The molecule has 4 N–H and O–H groups in total. The molecule has 0 aliphatic heterocycles. The molecule has 2 amide bonds. The van der Waals surface area contributed by atoms with Crippen LogP contribution in [0.4, 0.5) is 0 Å². The number of nitrogens with two attached hydrogens (primary N) is 1. The fourth-order valence-corrected chi connectivity index (χ4v) is 1.37. The first-order valence-electron chi connectivity index (χ1n) is 5.44. The molecule has 1 aromatic rings. The first-order valence-corrected chi connectivity index (χ1v) is 5.44. The van der Waals surface area contributed by atoms with Crippen molar-refractivity contribution >= 4 is 11.8 Å². The van der Waals surface area contributed by atoms with Crippen LogP contribution in [0.1, 0.15) is 18.5 Å². The van der Waals surface area contributed by atoms with E-state index in [1.54, 1.807) is 0 Å². The Hall–Kier alpha value is -1.88. The highest BCUT2D eigenvalue weighted by atomic mass is 16.2. The van der Waals surface area contributed by atoms with Gasteiger partial charge in [0, 0.05) is 0 Å². The van der Waals surface area contributed by atoms with E-state index in [2.05, 4.69) is 10.6 Å². The van der Waals surface area contributed by atoms with Crippen LogP contribution in [0.25, 0.3) is 0 Å². The van der Waals surface area contributed by atoms with E-state index in [9.17, 15) is 9.59 Å². The van der Waals surface area contributed by atoms with Crippen molar-refractivity contribution in [2.45, 2.75) is 13.0 Å². The molecular weight excluding hydrogens is 218 g/mol. The molecule has 1 rings (SSSR count). The quantitative estimate of drug-likeness (QED) is 0.668. The third-order valence-corrected chi connectivity index (χ3v) is 2.31. The van der Waals surface area contributed by atoms with E-state index in [0.717, 1.165) is 5.56 Å². The van der Waals surface area contributed by atoms with Crippen LogP contribution in [0.2, 0.25) is 0 Å². The van der Waals surface area contributed by atoms with E-state index in [-0.39, 0.29) is 30.9 Å². The number of carbonyl (C=O) groups excluding carboxylic acids is 2. The SMILES string of the molecule is CC(NC(=O)CNC(=O)CN)c1ccccc1. The van der Waals surface area contributed by atoms with E-state index in [1.165, 1.54) is 0 Å². The van der Waals surface area contributed by atoms with E-state index >= 15 is 0 Å². The average molecular weight is 235 g/mol. The number of carbonyl (C=O) groups is 2. The van der Waals surface area contributed by atoms with Gasteiger partial charge >= 0.3 is 0 Å². The molecule has 0 saturated heterocycles. The summed E-state index contributed by atoms with van der Waals surface area (Å²) >= 11 is 0. The molecule has 92 valence electrons. The first-order chi connectivity index (χ1) is 8.13. The van der Waals surface area contributed by atoms with Crippen LogP contribution in [-0.4, -0.2) is 24.9 Å². The fourth-order valence-electron chi connectivity index (χ4n) is 1.37. The smallest absolute Gasteiger partial charge is 0.239 e. The summed E-state index contributed by atoms with van der Waals surface area (Å²) in [6, 6.07) is 9.52. The minimum absolute atomic E-state index is 0.0484. The Labute approximate surface area is 100 Å². The molecule has 0 bridgehead atoms. The molecule has 0 aliphatic rings. The van der Waals surface area contributed by atoms with Crippen LogP contribution >= 0.6 is 0 Å². The molecule has 5 heteroatoms. The van der Waals surface area contributed by atoms with E-state index < -0.39 is 0 Å². The van der Waals surface area contributed by atoms with Gasteiger partial charge in [0.25, 0.3) is 0 Å². The highest BCUT2D eigenvalue weighted by Crippen LogP contribution is 2.10. The summed E-state index contributed by atoms with van der Waals surface area (Å²) in [5.74, 6) is -0.573. The zero-order valence-corrected chi connectivity index (χ0v) is 9.77. The molecule has 0 aromatic heterocycles. The van der Waals surface area contributed by atoms with Crippen LogP contribution in [0, 0.1) is 0 Å². The lowest BCUT2D eigenvalue weighted by Crippen LogP contribution is -2.40. The third-order valence-electron chi connectivity index (χ3n) is 2.31. The van der Waals surface area contributed by atoms with Gasteiger partial charge in [-0.3, -0.25) is 9.59 Å².